The van der Waals surface area contributed by atoms with Crippen LogP contribution in [-0.2, 0) is 4.74 Å². The molecule has 0 aromatic carbocycles. The van der Waals surface area contributed by atoms with E-state index >= 15 is 0 Å². The molecule has 0 atom stereocenters. The highest BCUT2D eigenvalue weighted by atomic mass is 16.5. The molecule has 0 spiro atoms. The topological polar surface area (TPSA) is 56.1 Å². The van der Waals surface area contributed by atoms with E-state index in [0.717, 1.165) is 36.1 Å². The summed E-state index contributed by atoms with van der Waals surface area (Å²) in [5.41, 5.74) is 1.58. The smallest absolute Gasteiger partial charge is 0.174 e. The minimum atomic E-state index is -0.225. The van der Waals surface area contributed by atoms with Crippen LogP contribution in [0.15, 0.2) is 18.5 Å². The first-order valence-electron chi connectivity index (χ1n) is 7.96. The van der Waals surface area contributed by atoms with Crippen molar-refractivity contribution in [2.45, 2.75) is 52.7 Å². The maximum absolute atomic E-state index is 6.14. The molecule has 1 saturated heterocycles. The molecule has 0 unspecified atom stereocenters. The van der Waals surface area contributed by atoms with Gasteiger partial charge in [0.1, 0.15) is 5.82 Å². The minimum absolute atomic E-state index is 0.225. The Morgan fingerprint density at radius 1 is 1.00 bits per heavy atom. The highest BCUT2D eigenvalue weighted by Gasteiger charge is 2.38. The van der Waals surface area contributed by atoms with Gasteiger partial charge in [-0.3, -0.25) is 4.98 Å². The maximum Gasteiger partial charge on any atom is 0.174 e. The zero-order valence-electron chi connectivity index (χ0n) is 14.8. The van der Waals surface area contributed by atoms with Gasteiger partial charge in [-0.15, -0.1) is 0 Å². The fourth-order valence-corrected chi connectivity index (χ4v) is 3.41. The Morgan fingerprint density at radius 2 is 1.61 bits per heavy atom. The molecule has 0 amide bonds. The van der Waals surface area contributed by atoms with Gasteiger partial charge in [0.05, 0.1) is 29.3 Å². The number of rotatable bonds is 2. The molecule has 1 fully saturated rings. The van der Waals surface area contributed by atoms with Crippen LogP contribution in [0.1, 0.15) is 39.1 Å². The van der Waals surface area contributed by atoms with Crippen molar-refractivity contribution in [2.24, 2.45) is 0 Å². The first kappa shape index (κ1) is 15.9. The zero-order chi connectivity index (χ0) is 16.8. The SMILES string of the molecule is Cc1cc(C)n(-c2cncc(N3CC(C)(C)OC(C)(C)C3)n2)n1. The summed E-state index contributed by atoms with van der Waals surface area (Å²) in [6, 6.07) is 2.04. The molecule has 2 aromatic heterocycles. The highest BCUT2D eigenvalue weighted by molar-refractivity contribution is 5.41. The van der Waals surface area contributed by atoms with Crippen LogP contribution >= 0.6 is 0 Å². The van der Waals surface area contributed by atoms with Crippen LogP contribution in [0.5, 0.6) is 0 Å². The summed E-state index contributed by atoms with van der Waals surface area (Å²) in [4.78, 5) is 11.4. The van der Waals surface area contributed by atoms with Crippen molar-refractivity contribution in [3.8, 4) is 5.82 Å². The van der Waals surface area contributed by atoms with E-state index in [1.165, 1.54) is 0 Å². The third-order valence-corrected chi connectivity index (χ3v) is 3.86. The van der Waals surface area contributed by atoms with Crippen LogP contribution in [0.3, 0.4) is 0 Å². The Morgan fingerprint density at radius 3 is 2.17 bits per heavy atom. The predicted molar refractivity (Wildman–Crippen MR) is 90.1 cm³/mol. The van der Waals surface area contributed by atoms with Crippen molar-refractivity contribution in [2.75, 3.05) is 18.0 Å². The van der Waals surface area contributed by atoms with E-state index in [1.54, 1.807) is 6.20 Å². The standard InChI is InChI=1S/C17H25N5O/c1-12-7-13(2)22(20-12)15-9-18-8-14(19-15)21-10-16(3,4)23-17(5,6)11-21/h7-9H,10-11H2,1-6H3. The third kappa shape index (κ3) is 3.37. The quantitative estimate of drug-likeness (QED) is 0.853. The summed E-state index contributed by atoms with van der Waals surface area (Å²) in [5, 5.41) is 4.49. The highest BCUT2D eigenvalue weighted by Crippen LogP contribution is 2.30. The van der Waals surface area contributed by atoms with Crippen LogP contribution in [0.2, 0.25) is 0 Å². The Hall–Kier alpha value is -1.95. The number of anilines is 1. The molecule has 0 radical (unpaired) electrons. The van der Waals surface area contributed by atoms with Crippen LogP contribution in [0.4, 0.5) is 5.82 Å². The van der Waals surface area contributed by atoms with E-state index in [9.17, 15) is 0 Å². The van der Waals surface area contributed by atoms with Gasteiger partial charge >= 0.3 is 0 Å². The lowest BCUT2D eigenvalue weighted by Gasteiger charge is -2.47. The number of aromatic nitrogens is 4. The van der Waals surface area contributed by atoms with Gasteiger partial charge in [0.15, 0.2) is 5.82 Å². The van der Waals surface area contributed by atoms with E-state index < -0.39 is 0 Å². The molecule has 3 heterocycles. The van der Waals surface area contributed by atoms with Gasteiger partial charge in [0.25, 0.3) is 0 Å². The second kappa shape index (κ2) is 5.30. The first-order valence-corrected chi connectivity index (χ1v) is 7.96. The summed E-state index contributed by atoms with van der Waals surface area (Å²) in [5.74, 6) is 1.61. The summed E-state index contributed by atoms with van der Waals surface area (Å²) in [6.45, 7) is 14.0. The fraction of sp³-hybridized carbons (Fsp3) is 0.588. The molecule has 6 heteroatoms. The van der Waals surface area contributed by atoms with Gasteiger partial charge in [0, 0.05) is 18.8 Å². The van der Waals surface area contributed by atoms with Gasteiger partial charge in [-0.25, -0.2) is 9.67 Å². The third-order valence-electron chi connectivity index (χ3n) is 3.86. The maximum atomic E-state index is 6.14. The summed E-state index contributed by atoms with van der Waals surface area (Å²) in [7, 11) is 0. The summed E-state index contributed by atoms with van der Waals surface area (Å²) in [6.07, 6.45) is 3.56. The predicted octanol–water partition coefficient (Wildman–Crippen LogP) is 2.67. The lowest BCUT2D eigenvalue weighted by Crippen LogP contribution is -2.57. The minimum Gasteiger partial charge on any atom is -0.366 e. The first-order chi connectivity index (χ1) is 10.7. The Bertz CT molecular complexity index is 704. The van der Waals surface area contributed by atoms with Crippen molar-refractivity contribution in [1.82, 2.24) is 19.7 Å². The van der Waals surface area contributed by atoms with Crippen LogP contribution in [0.25, 0.3) is 5.82 Å². The Balaban J connectivity index is 1.95. The molecule has 0 aliphatic carbocycles. The van der Waals surface area contributed by atoms with Crippen LogP contribution in [-0.4, -0.2) is 44.0 Å². The van der Waals surface area contributed by atoms with E-state index in [-0.39, 0.29) is 11.2 Å². The van der Waals surface area contributed by atoms with Gasteiger partial charge in [-0.1, -0.05) is 0 Å². The number of morpholine rings is 1. The number of ether oxygens (including phenoxy) is 1. The van der Waals surface area contributed by atoms with Crippen molar-refractivity contribution in [1.29, 1.82) is 0 Å². The van der Waals surface area contributed by atoms with Crippen LogP contribution in [0, 0.1) is 13.8 Å². The van der Waals surface area contributed by atoms with Gasteiger partial charge in [-0.2, -0.15) is 5.10 Å². The number of aryl methyl sites for hydroxylation is 2. The molecular formula is C17H25N5O. The zero-order valence-corrected chi connectivity index (χ0v) is 14.8. The largest absolute Gasteiger partial charge is 0.366 e. The monoisotopic (exact) mass is 315 g/mol. The lowest BCUT2D eigenvalue weighted by molar-refractivity contribution is -0.133. The molecule has 0 bridgehead atoms. The molecule has 3 rings (SSSR count). The molecule has 0 N–H and O–H groups in total. The van der Waals surface area contributed by atoms with Crippen molar-refractivity contribution in [3.63, 3.8) is 0 Å². The van der Waals surface area contributed by atoms with Crippen molar-refractivity contribution >= 4 is 5.82 Å². The summed E-state index contributed by atoms with van der Waals surface area (Å²) < 4.78 is 7.98. The molecule has 1 aliphatic heterocycles. The molecule has 1 aliphatic rings. The normalized spacial score (nSPS) is 19.8. The van der Waals surface area contributed by atoms with E-state index in [2.05, 4.69) is 42.7 Å². The molecule has 6 nitrogen and oxygen atoms in total. The number of hydrogen-bond acceptors (Lipinski definition) is 5. The molecule has 0 saturated carbocycles. The van der Waals surface area contributed by atoms with E-state index in [1.807, 2.05) is 30.8 Å². The molecule has 23 heavy (non-hydrogen) atoms. The molecule has 2 aromatic rings. The molecule has 124 valence electrons. The van der Waals surface area contributed by atoms with E-state index in [4.69, 9.17) is 9.72 Å². The summed E-state index contributed by atoms with van der Waals surface area (Å²) >= 11 is 0. The number of nitrogens with zero attached hydrogens (tertiary/aromatic N) is 5. The van der Waals surface area contributed by atoms with Crippen molar-refractivity contribution in [3.05, 3.63) is 29.8 Å². The average molecular weight is 315 g/mol. The van der Waals surface area contributed by atoms with Crippen LogP contribution < -0.4 is 4.90 Å². The van der Waals surface area contributed by atoms with E-state index in [0.29, 0.717) is 0 Å². The lowest BCUT2D eigenvalue weighted by atomic mass is 9.99. The second-order valence-electron chi connectivity index (χ2n) is 7.55. The number of hydrogen-bond donors (Lipinski definition) is 0. The van der Waals surface area contributed by atoms with Gasteiger partial charge < -0.3 is 9.64 Å². The van der Waals surface area contributed by atoms with Gasteiger partial charge in [0.2, 0.25) is 0 Å². The molecular weight excluding hydrogens is 290 g/mol. The second-order valence-corrected chi connectivity index (χ2v) is 7.55. The Labute approximate surface area is 137 Å². The Kier molecular flexibility index (Phi) is 3.67. The van der Waals surface area contributed by atoms with Crippen molar-refractivity contribution < 1.29 is 4.74 Å². The fourth-order valence-electron chi connectivity index (χ4n) is 3.41. The average Bonchev–Trinajstić information content (AvgIpc) is 2.74. The van der Waals surface area contributed by atoms with Gasteiger partial charge in [-0.05, 0) is 47.6 Å².